The highest BCUT2D eigenvalue weighted by Crippen LogP contribution is 2.20. The lowest BCUT2D eigenvalue weighted by molar-refractivity contribution is 0.00836. The highest BCUT2D eigenvalue weighted by atomic mass is 32.2. The molecule has 2 amide bonds. The van der Waals surface area contributed by atoms with E-state index in [-0.39, 0.29) is 34.6 Å². The maximum absolute atomic E-state index is 14.1. The van der Waals surface area contributed by atoms with Crippen LogP contribution in [-0.2, 0) is 27.5 Å². The zero-order valence-electron chi connectivity index (χ0n) is 26.5. The molecule has 0 aromatic heterocycles. The zero-order chi connectivity index (χ0) is 34.4. The molecule has 0 aliphatic heterocycles. The van der Waals surface area contributed by atoms with Crippen molar-refractivity contribution in [1.82, 2.24) is 10.2 Å². The van der Waals surface area contributed by atoms with Crippen LogP contribution in [-0.4, -0.2) is 73.9 Å². The molecule has 10 nitrogen and oxygen atoms in total. The lowest BCUT2D eigenvalue weighted by Gasteiger charge is -2.32. The minimum absolute atomic E-state index is 0.0309. The zero-order valence-corrected chi connectivity index (χ0v) is 27.3. The van der Waals surface area contributed by atoms with Gasteiger partial charge in [-0.05, 0) is 87.7 Å². The first-order valence-electron chi connectivity index (χ1n) is 14.3. The number of aliphatic hydroxyl groups is 1. The molecule has 3 aromatic rings. The summed E-state index contributed by atoms with van der Waals surface area (Å²) in [6, 6.07) is 11.8. The monoisotopic (exact) mass is 660 g/mol. The van der Waals surface area contributed by atoms with Crippen LogP contribution in [0, 0.1) is 11.6 Å². The average molecular weight is 661 g/mol. The first kappa shape index (κ1) is 36.1. The summed E-state index contributed by atoms with van der Waals surface area (Å²) in [4.78, 5) is 39.9. The van der Waals surface area contributed by atoms with Crippen LogP contribution in [0.1, 0.15) is 59.5 Å². The Bertz CT molecular complexity index is 1690. The van der Waals surface area contributed by atoms with Crippen LogP contribution < -0.4 is 10.1 Å². The van der Waals surface area contributed by atoms with Crippen molar-refractivity contribution in [3.05, 3.63) is 94.6 Å². The molecule has 0 spiro atoms. The maximum atomic E-state index is 14.1. The molecule has 0 aliphatic rings. The van der Waals surface area contributed by atoms with Crippen molar-refractivity contribution in [3.8, 4) is 5.75 Å². The SMILES string of the molecule is COc1cccc(CN(C[C@@H](O)[C@H](Cc2cc(F)cc(F)c2)NC(=O)c2cc(C(C)=O)cc(S(C)(=O)=O)c2)C(=O)OC(C)(C)C)c1. The molecule has 0 saturated heterocycles. The number of ketones is 1. The van der Waals surface area contributed by atoms with E-state index >= 15 is 0 Å². The second-order valence-electron chi connectivity index (χ2n) is 11.9. The van der Waals surface area contributed by atoms with Gasteiger partial charge in [0, 0.05) is 30.0 Å². The Kier molecular flexibility index (Phi) is 11.6. The number of hydrogen-bond donors (Lipinski definition) is 2. The summed E-state index contributed by atoms with van der Waals surface area (Å²) >= 11 is 0. The van der Waals surface area contributed by atoms with Crippen molar-refractivity contribution < 1.29 is 46.2 Å². The van der Waals surface area contributed by atoms with Gasteiger partial charge in [-0.3, -0.25) is 9.59 Å². The molecule has 3 rings (SSSR count). The van der Waals surface area contributed by atoms with Crippen molar-refractivity contribution in [1.29, 1.82) is 0 Å². The van der Waals surface area contributed by atoms with E-state index in [9.17, 15) is 36.7 Å². The molecule has 0 aliphatic carbocycles. The van der Waals surface area contributed by atoms with E-state index in [4.69, 9.17) is 9.47 Å². The fourth-order valence-corrected chi connectivity index (χ4v) is 5.22. The number of Topliss-reactive ketones (excluding diaryl/α,β-unsaturated/α-hetero) is 1. The molecule has 0 fully saturated rings. The quantitative estimate of drug-likeness (QED) is 0.266. The van der Waals surface area contributed by atoms with Crippen LogP contribution in [0.25, 0.3) is 0 Å². The van der Waals surface area contributed by atoms with Crippen LogP contribution >= 0.6 is 0 Å². The van der Waals surface area contributed by atoms with E-state index in [1.54, 1.807) is 45.0 Å². The minimum Gasteiger partial charge on any atom is -0.497 e. The maximum Gasteiger partial charge on any atom is 0.410 e. The third-order valence-electron chi connectivity index (χ3n) is 6.73. The van der Waals surface area contributed by atoms with Gasteiger partial charge in [0.1, 0.15) is 23.0 Å². The van der Waals surface area contributed by atoms with Crippen LogP contribution in [0.15, 0.2) is 65.6 Å². The van der Waals surface area contributed by atoms with Gasteiger partial charge in [0.25, 0.3) is 5.91 Å². The lowest BCUT2D eigenvalue weighted by atomic mass is 9.99. The molecular weight excluding hydrogens is 622 g/mol. The van der Waals surface area contributed by atoms with Crippen LogP contribution in [0.4, 0.5) is 13.6 Å². The molecular formula is C33H38F2N2O8S. The van der Waals surface area contributed by atoms with Gasteiger partial charge in [0.2, 0.25) is 0 Å². The molecule has 248 valence electrons. The summed E-state index contributed by atoms with van der Waals surface area (Å²) in [5, 5.41) is 14.1. The van der Waals surface area contributed by atoms with E-state index in [1.165, 1.54) is 25.0 Å². The first-order valence-corrected chi connectivity index (χ1v) is 16.1. The molecule has 2 atom stereocenters. The number of aliphatic hydroxyl groups excluding tert-OH is 1. The highest BCUT2D eigenvalue weighted by molar-refractivity contribution is 7.90. The molecule has 0 unspecified atom stereocenters. The second-order valence-corrected chi connectivity index (χ2v) is 13.9. The Hall–Kier alpha value is -4.36. The third-order valence-corrected chi connectivity index (χ3v) is 7.82. The Morgan fingerprint density at radius 2 is 1.59 bits per heavy atom. The number of amides is 2. The molecule has 3 aromatic carbocycles. The van der Waals surface area contributed by atoms with Crippen LogP contribution in [0.2, 0.25) is 0 Å². The van der Waals surface area contributed by atoms with Gasteiger partial charge >= 0.3 is 6.09 Å². The smallest absolute Gasteiger partial charge is 0.410 e. The Morgan fingerprint density at radius 3 is 2.15 bits per heavy atom. The molecule has 0 saturated carbocycles. The number of methoxy groups -OCH3 is 1. The van der Waals surface area contributed by atoms with Gasteiger partial charge < -0.3 is 24.8 Å². The summed E-state index contributed by atoms with van der Waals surface area (Å²) < 4.78 is 63.6. The van der Waals surface area contributed by atoms with E-state index < -0.39 is 63.5 Å². The van der Waals surface area contributed by atoms with Crippen LogP contribution in [0.5, 0.6) is 5.75 Å². The fourth-order valence-electron chi connectivity index (χ4n) is 4.54. The van der Waals surface area contributed by atoms with Crippen molar-refractivity contribution >= 4 is 27.6 Å². The number of ether oxygens (including phenoxy) is 2. The van der Waals surface area contributed by atoms with Crippen molar-refractivity contribution in [2.45, 2.75) is 63.3 Å². The Labute approximate surface area is 267 Å². The third kappa shape index (κ3) is 10.6. The number of rotatable bonds is 12. The summed E-state index contributed by atoms with van der Waals surface area (Å²) in [6.45, 7) is 5.81. The largest absolute Gasteiger partial charge is 0.497 e. The van der Waals surface area contributed by atoms with Gasteiger partial charge in [-0.1, -0.05) is 12.1 Å². The Balaban J connectivity index is 2.01. The van der Waals surface area contributed by atoms with Crippen LogP contribution in [0.3, 0.4) is 0 Å². The molecule has 46 heavy (non-hydrogen) atoms. The van der Waals surface area contributed by atoms with Crippen molar-refractivity contribution in [2.75, 3.05) is 19.9 Å². The van der Waals surface area contributed by atoms with Gasteiger partial charge in [0.05, 0.1) is 30.7 Å². The molecule has 0 heterocycles. The Morgan fingerprint density at radius 1 is 0.957 bits per heavy atom. The highest BCUT2D eigenvalue weighted by Gasteiger charge is 2.30. The van der Waals surface area contributed by atoms with Gasteiger partial charge in [-0.25, -0.2) is 22.0 Å². The number of nitrogens with one attached hydrogen (secondary N) is 1. The van der Waals surface area contributed by atoms with Gasteiger partial charge in [0.15, 0.2) is 15.6 Å². The van der Waals surface area contributed by atoms with E-state index in [1.807, 2.05) is 0 Å². The number of carbonyl (C=O) groups excluding carboxylic acids is 3. The first-order chi connectivity index (χ1) is 21.3. The topological polar surface area (TPSA) is 139 Å². The van der Waals surface area contributed by atoms with Crippen molar-refractivity contribution in [2.24, 2.45) is 0 Å². The van der Waals surface area contributed by atoms with Crippen molar-refractivity contribution in [3.63, 3.8) is 0 Å². The summed E-state index contributed by atoms with van der Waals surface area (Å²) in [6.07, 6.45) is -1.66. The summed E-state index contributed by atoms with van der Waals surface area (Å²) in [7, 11) is -2.34. The van der Waals surface area contributed by atoms with E-state index in [0.29, 0.717) is 17.4 Å². The number of halogens is 2. The number of benzene rings is 3. The molecule has 13 heteroatoms. The fraction of sp³-hybridized carbons (Fsp3) is 0.364. The normalized spacial score (nSPS) is 13.0. The molecule has 2 N–H and O–H groups in total. The second kappa shape index (κ2) is 14.8. The number of carbonyl (C=O) groups is 3. The molecule has 0 bridgehead atoms. The van der Waals surface area contributed by atoms with Gasteiger partial charge in [-0.2, -0.15) is 0 Å². The number of hydrogen-bond acceptors (Lipinski definition) is 8. The average Bonchev–Trinajstić information content (AvgIpc) is 2.94. The van der Waals surface area contributed by atoms with E-state index in [0.717, 1.165) is 30.5 Å². The predicted molar refractivity (Wildman–Crippen MR) is 167 cm³/mol. The molecule has 0 radical (unpaired) electrons. The lowest BCUT2D eigenvalue weighted by Crippen LogP contribution is -2.51. The van der Waals surface area contributed by atoms with Gasteiger partial charge in [-0.15, -0.1) is 0 Å². The number of sulfone groups is 1. The summed E-state index contributed by atoms with van der Waals surface area (Å²) in [5.74, 6) is -2.59. The summed E-state index contributed by atoms with van der Waals surface area (Å²) in [5.41, 5.74) is -0.393. The van der Waals surface area contributed by atoms with E-state index in [2.05, 4.69) is 5.32 Å². The standard InChI is InChI=1S/C33H38F2N2O8S/c1-20(38)23-14-24(16-28(15-23)46(6,42)43)31(40)36-29(13-22-10-25(34)17-26(35)11-22)30(39)19-37(32(41)45-33(2,3)4)18-21-8-7-9-27(12-21)44-5/h7-12,14-17,29-30,39H,13,18-19H2,1-6H3,(H,36,40)/t29-,30+/m0/s1. The predicted octanol–water partition coefficient (Wildman–Crippen LogP) is 4.72. The number of nitrogens with zero attached hydrogens (tertiary/aromatic N) is 1. The minimum atomic E-state index is -3.83.